The first-order chi connectivity index (χ1) is 14.9. The lowest BCUT2D eigenvalue weighted by atomic mass is 9.70. The number of ether oxygens (including phenoxy) is 2. The van der Waals surface area contributed by atoms with Gasteiger partial charge in [0.25, 0.3) is 0 Å². The molecule has 3 aliphatic carbocycles. The molecular formula is C28H40O4. The molecule has 0 saturated heterocycles. The molecule has 3 aliphatic rings. The van der Waals surface area contributed by atoms with Crippen LogP contribution in [-0.4, -0.2) is 24.1 Å². The first kappa shape index (κ1) is 23.3. The summed E-state index contributed by atoms with van der Waals surface area (Å²) in [4.78, 5) is 24.7. The molecule has 0 spiro atoms. The first-order valence-electron chi connectivity index (χ1n) is 12.4. The van der Waals surface area contributed by atoms with Crippen molar-refractivity contribution in [3.05, 3.63) is 35.4 Å². The fraction of sp³-hybridized carbons (Fsp3) is 0.714. The molecule has 0 amide bonds. The van der Waals surface area contributed by atoms with Gasteiger partial charge < -0.3 is 9.47 Å². The van der Waals surface area contributed by atoms with E-state index < -0.39 is 5.60 Å². The maximum Gasteiger partial charge on any atom is 0.338 e. The molecule has 176 valence electrons. The Morgan fingerprint density at radius 2 is 1.41 bits per heavy atom. The van der Waals surface area contributed by atoms with Gasteiger partial charge in [0.15, 0.2) is 0 Å². The van der Waals surface area contributed by atoms with Crippen LogP contribution in [0.25, 0.3) is 0 Å². The molecule has 3 saturated carbocycles. The van der Waals surface area contributed by atoms with Gasteiger partial charge >= 0.3 is 11.9 Å². The van der Waals surface area contributed by atoms with Crippen LogP contribution in [0.3, 0.4) is 0 Å². The summed E-state index contributed by atoms with van der Waals surface area (Å²) in [6.07, 6.45) is 6.64. The zero-order chi connectivity index (χ0) is 23.3. The van der Waals surface area contributed by atoms with E-state index in [4.69, 9.17) is 9.47 Å². The second-order valence-electron chi connectivity index (χ2n) is 12.8. The molecule has 32 heavy (non-hydrogen) atoms. The van der Waals surface area contributed by atoms with E-state index in [1.54, 1.807) is 24.3 Å². The van der Waals surface area contributed by atoms with Gasteiger partial charge in [-0.05, 0) is 118 Å². The number of hydrogen-bond acceptors (Lipinski definition) is 4. The lowest BCUT2D eigenvalue weighted by molar-refractivity contribution is 0.00689. The molecule has 1 aromatic rings. The molecular weight excluding hydrogens is 400 g/mol. The summed E-state index contributed by atoms with van der Waals surface area (Å²) in [5.41, 5.74) is 0.804. The molecule has 4 nitrogen and oxygen atoms in total. The van der Waals surface area contributed by atoms with Crippen LogP contribution >= 0.6 is 0 Å². The number of hydrogen-bond donors (Lipinski definition) is 0. The average molecular weight is 441 g/mol. The van der Waals surface area contributed by atoms with Crippen molar-refractivity contribution >= 4 is 11.9 Å². The summed E-state index contributed by atoms with van der Waals surface area (Å²) in [5, 5.41) is 0. The minimum Gasteiger partial charge on any atom is -0.462 e. The summed E-state index contributed by atoms with van der Waals surface area (Å²) in [5.74, 6) is 4.20. The van der Waals surface area contributed by atoms with E-state index in [-0.39, 0.29) is 11.9 Å². The van der Waals surface area contributed by atoms with Gasteiger partial charge in [-0.1, -0.05) is 20.8 Å². The van der Waals surface area contributed by atoms with E-state index in [9.17, 15) is 9.59 Å². The minimum atomic E-state index is -0.541. The topological polar surface area (TPSA) is 52.6 Å². The Labute approximate surface area is 193 Å². The Bertz CT molecular complexity index is 842. The van der Waals surface area contributed by atoms with Crippen molar-refractivity contribution in [2.24, 2.45) is 40.9 Å². The normalized spacial score (nSPS) is 31.4. The minimum absolute atomic E-state index is 0.300. The van der Waals surface area contributed by atoms with Crippen molar-refractivity contribution in [2.45, 2.75) is 79.2 Å². The maximum atomic E-state index is 12.6. The summed E-state index contributed by atoms with van der Waals surface area (Å²) in [7, 11) is 0. The molecule has 0 aliphatic heterocycles. The molecule has 1 aromatic carbocycles. The highest BCUT2D eigenvalue weighted by Crippen LogP contribution is 2.63. The number of benzene rings is 1. The highest BCUT2D eigenvalue weighted by molar-refractivity contribution is 5.93. The van der Waals surface area contributed by atoms with Crippen LogP contribution in [0.4, 0.5) is 0 Å². The molecule has 0 radical (unpaired) electrons. The Morgan fingerprint density at radius 1 is 0.812 bits per heavy atom. The van der Waals surface area contributed by atoms with Gasteiger partial charge in [-0.3, -0.25) is 0 Å². The van der Waals surface area contributed by atoms with Crippen LogP contribution in [0.1, 0.15) is 94.4 Å². The number of carbonyl (C=O) groups excluding carboxylic acids is 2. The molecule has 0 heterocycles. The lowest BCUT2D eigenvalue weighted by Crippen LogP contribution is -2.27. The number of rotatable bonds is 5. The smallest absolute Gasteiger partial charge is 0.338 e. The maximum absolute atomic E-state index is 12.6. The fourth-order valence-electron chi connectivity index (χ4n) is 6.84. The Balaban J connectivity index is 1.27. The van der Waals surface area contributed by atoms with Crippen molar-refractivity contribution < 1.29 is 19.1 Å². The van der Waals surface area contributed by atoms with Crippen LogP contribution in [-0.2, 0) is 9.47 Å². The lowest BCUT2D eigenvalue weighted by Gasteiger charge is -2.35. The summed E-state index contributed by atoms with van der Waals surface area (Å²) < 4.78 is 11.1. The first-order valence-corrected chi connectivity index (χ1v) is 12.4. The van der Waals surface area contributed by atoms with E-state index in [2.05, 4.69) is 20.8 Å². The van der Waals surface area contributed by atoms with Crippen LogP contribution < -0.4 is 0 Å². The van der Waals surface area contributed by atoms with Gasteiger partial charge in [-0.15, -0.1) is 0 Å². The standard InChI is InChI=1S/C28H40O4/c1-27(2,3)15-21-13-20-14-23(21)24-12-17(11-22(20)24)16-31-25(29)18-7-9-19(10-8-18)26(30)32-28(4,5)6/h7-10,17,20-24H,11-16H2,1-6H3. The van der Waals surface area contributed by atoms with E-state index in [1.165, 1.54) is 32.1 Å². The molecule has 4 rings (SSSR count). The summed E-state index contributed by atoms with van der Waals surface area (Å²) in [6, 6.07) is 6.58. The zero-order valence-corrected chi connectivity index (χ0v) is 20.6. The van der Waals surface area contributed by atoms with Crippen molar-refractivity contribution in [3.8, 4) is 0 Å². The Kier molecular flexibility index (Phi) is 6.19. The summed E-state index contributed by atoms with van der Waals surface area (Å²) >= 11 is 0. The monoisotopic (exact) mass is 440 g/mol. The summed E-state index contributed by atoms with van der Waals surface area (Å²) in [6.45, 7) is 13.1. The van der Waals surface area contributed by atoms with Gasteiger partial charge in [0, 0.05) is 0 Å². The molecule has 3 fully saturated rings. The predicted octanol–water partition coefficient (Wildman–Crippen LogP) is 6.53. The van der Waals surface area contributed by atoms with Crippen molar-refractivity contribution in [1.29, 1.82) is 0 Å². The predicted molar refractivity (Wildman–Crippen MR) is 125 cm³/mol. The largest absolute Gasteiger partial charge is 0.462 e. The molecule has 0 N–H and O–H groups in total. The molecule has 6 atom stereocenters. The quantitative estimate of drug-likeness (QED) is 0.488. The second-order valence-corrected chi connectivity index (χ2v) is 12.8. The number of fused-ring (bicyclic) bond motifs is 5. The van der Waals surface area contributed by atoms with Crippen molar-refractivity contribution in [1.82, 2.24) is 0 Å². The molecule has 4 heteroatoms. The van der Waals surface area contributed by atoms with Gasteiger partial charge in [-0.2, -0.15) is 0 Å². The molecule has 6 unspecified atom stereocenters. The third-order valence-corrected chi connectivity index (χ3v) is 7.78. The molecule has 2 bridgehead atoms. The third-order valence-electron chi connectivity index (χ3n) is 7.78. The van der Waals surface area contributed by atoms with Gasteiger partial charge in [-0.25, -0.2) is 9.59 Å². The van der Waals surface area contributed by atoms with Crippen LogP contribution in [0.2, 0.25) is 0 Å². The highest BCUT2D eigenvalue weighted by atomic mass is 16.6. The van der Waals surface area contributed by atoms with Crippen LogP contribution in [0, 0.1) is 40.9 Å². The number of carbonyl (C=O) groups is 2. The zero-order valence-electron chi connectivity index (χ0n) is 20.6. The second kappa shape index (κ2) is 8.50. The van der Waals surface area contributed by atoms with Crippen LogP contribution in [0.15, 0.2) is 24.3 Å². The number of esters is 2. The fourth-order valence-corrected chi connectivity index (χ4v) is 6.84. The van der Waals surface area contributed by atoms with Crippen LogP contribution in [0.5, 0.6) is 0 Å². The molecule has 0 aromatic heterocycles. The van der Waals surface area contributed by atoms with Crippen molar-refractivity contribution in [3.63, 3.8) is 0 Å². The van der Waals surface area contributed by atoms with Crippen molar-refractivity contribution in [2.75, 3.05) is 6.61 Å². The third kappa shape index (κ3) is 5.21. The highest BCUT2D eigenvalue weighted by Gasteiger charge is 2.56. The average Bonchev–Trinajstić information content (AvgIpc) is 3.35. The SMILES string of the molecule is CC(C)(C)CC1CC2CC1C1CC(COC(=O)c3ccc(C(=O)OC(C)(C)C)cc3)CC21. The Morgan fingerprint density at radius 3 is 2.00 bits per heavy atom. The van der Waals surface area contributed by atoms with E-state index >= 15 is 0 Å². The van der Waals surface area contributed by atoms with Gasteiger partial charge in [0.1, 0.15) is 5.60 Å². The van der Waals surface area contributed by atoms with E-state index in [1.807, 2.05) is 20.8 Å². The van der Waals surface area contributed by atoms with Gasteiger partial charge in [0.2, 0.25) is 0 Å². The van der Waals surface area contributed by atoms with E-state index in [0.717, 1.165) is 29.6 Å². The Hall–Kier alpha value is -1.84. The van der Waals surface area contributed by atoms with Gasteiger partial charge in [0.05, 0.1) is 17.7 Å². The van der Waals surface area contributed by atoms with E-state index in [0.29, 0.717) is 29.1 Å².